The first-order chi connectivity index (χ1) is 13.8. The smallest absolute Gasteiger partial charge is 0.406 e. The van der Waals surface area contributed by atoms with Crippen molar-refractivity contribution in [1.29, 1.82) is 0 Å². The third-order valence-corrected chi connectivity index (χ3v) is 4.71. The second-order valence-electron chi connectivity index (χ2n) is 5.76. The van der Waals surface area contributed by atoms with Crippen molar-refractivity contribution >= 4 is 46.2 Å². The van der Waals surface area contributed by atoms with E-state index in [1.165, 1.54) is 31.4 Å². The molecule has 1 aromatic heterocycles. The zero-order valence-electron chi connectivity index (χ0n) is 15.3. The molecule has 0 aliphatic carbocycles. The average Bonchev–Trinajstić information content (AvgIpc) is 2.73. The Morgan fingerprint density at radius 3 is 2.52 bits per heavy atom. The molecule has 0 saturated carbocycles. The highest BCUT2D eigenvalue weighted by Crippen LogP contribution is 2.26. The Morgan fingerprint density at radius 2 is 1.83 bits per heavy atom. The maximum Gasteiger partial charge on any atom is 0.406 e. The highest BCUT2D eigenvalue weighted by atomic mass is 35.5. The lowest BCUT2D eigenvalue weighted by molar-refractivity contribution is -0.581. The van der Waals surface area contributed by atoms with Gasteiger partial charge in [-0.3, -0.25) is 0 Å². The summed E-state index contributed by atoms with van der Waals surface area (Å²) in [5.74, 6) is -1.15. The largest absolute Gasteiger partial charge is 0.618 e. The van der Waals surface area contributed by atoms with Gasteiger partial charge in [0.2, 0.25) is 5.52 Å². The van der Waals surface area contributed by atoms with Crippen LogP contribution in [0.4, 0.5) is 0 Å². The van der Waals surface area contributed by atoms with Crippen LogP contribution < -0.4 is 9.47 Å². The Hall–Kier alpha value is -3.10. The van der Waals surface area contributed by atoms with Crippen molar-refractivity contribution in [2.24, 2.45) is 0 Å². The van der Waals surface area contributed by atoms with Crippen LogP contribution in [0.2, 0.25) is 10.0 Å². The lowest BCUT2D eigenvalue weighted by Crippen LogP contribution is -2.38. The molecule has 0 aliphatic heterocycles. The van der Waals surface area contributed by atoms with Gasteiger partial charge in [-0.05, 0) is 24.3 Å². The molecule has 10 heteroatoms. The molecular formula is C19H14Cl2N2O6. The van der Waals surface area contributed by atoms with Crippen LogP contribution in [0, 0.1) is 5.21 Å². The molecule has 0 aliphatic rings. The zero-order valence-corrected chi connectivity index (χ0v) is 16.8. The molecule has 0 saturated heterocycles. The summed E-state index contributed by atoms with van der Waals surface area (Å²) in [6.07, 6.45) is 0. The number of hydrogen-bond acceptors (Lipinski definition) is 7. The lowest BCUT2D eigenvalue weighted by Gasteiger charge is -2.11. The normalized spacial score (nSPS) is 10.6. The number of nitrogens with zero attached hydrogens (tertiary/aromatic N) is 2. The molecule has 1 heterocycles. The molecule has 0 spiro atoms. The minimum absolute atomic E-state index is 0.0164. The second kappa shape index (κ2) is 8.50. The molecular weight excluding hydrogens is 423 g/mol. The van der Waals surface area contributed by atoms with Crippen molar-refractivity contribution < 1.29 is 28.5 Å². The van der Waals surface area contributed by atoms with Crippen LogP contribution in [0.5, 0.6) is 5.75 Å². The van der Waals surface area contributed by atoms with Gasteiger partial charge in [0.15, 0.2) is 5.69 Å². The molecule has 29 heavy (non-hydrogen) atoms. The number of aromatic nitrogens is 2. The number of esters is 2. The summed E-state index contributed by atoms with van der Waals surface area (Å²) in [6.45, 7) is -0.446. The van der Waals surface area contributed by atoms with Crippen LogP contribution in [0.3, 0.4) is 0 Å². The molecule has 0 fully saturated rings. The number of carbonyl (C=O) groups is 2. The average molecular weight is 437 g/mol. The van der Waals surface area contributed by atoms with E-state index in [1.807, 2.05) is 0 Å². The van der Waals surface area contributed by atoms with Crippen LogP contribution in [0.15, 0.2) is 36.4 Å². The maximum atomic E-state index is 12.7. The topological polar surface area (TPSA) is 102 Å². The van der Waals surface area contributed by atoms with Gasteiger partial charge in [-0.2, -0.15) is 4.73 Å². The van der Waals surface area contributed by atoms with Gasteiger partial charge >= 0.3 is 17.6 Å². The number of rotatable bonds is 5. The van der Waals surface area contributed by atoms with Crippen LogP contribution in [-0.2, 0) is 16.1 Å². The van der Waals surface area contributed by atoms with E-state index >= 15 is 0 Å². The third kappa shape index (κ3) is 4.18. The first-order valence-electron chi connectivity index (χ1n) is 8.16. The van der Waals surface area contributed by atoms with Gasteiger partial charge in [-0.25, -0.2) is 14.6 Å². The van der Waals surface area contributed by atoms with E-state index in [0.29, 0.717) is 10.5 Å². The number of benzene rings is 2. The predicted molar refractivity (Wildman–Crippen MR) is 104 cm³/mol. The van der Waals surface area contributed by atoms with Crippen molar-refractivity contribution in [2.45, 2.75) is 6.61 Å². The summed E-state index contributed by atoms with van der Waals surface area (Å²) in [5, 5.41) is 13.0. The Balaban J connectivity index is 1.99. The summed E-state index contributed by atoms with van der Waals surface area (Å²) in [6, 6.07) is 9.00. The van der Waals surface area contributed by atoms with E-state index in [0.717, 1.165) is 7.11 Å². The summed E-state index contributed by atoms with van der Waals surface area (Å²) >= 11 is 11.9. The van der Waals surface area contributed by atoms with Crippen LogP contribution in [-0.4, -0.2) is 31.1 Å². The predicted octanol–water partition coefficient (Wildman–Crippen LogP) is 3.33. The Morgan fingerprint density at radius 1 is 1.10 bits per heavy atom. The zero-order chi connectivity index (χ0) is 21.1. The maximum absolute atomic E-state index is 12.7. The molecule has 0 bridgehead atoms. The number of fused-ring (bicyclic) bond motifs is 1. The fourth-order valence-electron chi connectivity index (χ4n) is 2.58. The molecule has 0 radical (unpaired) electrons. The summed E-state index contributed by atoms with van der Waals surface area (Å²) < 4.78 is 15.3. The van der Waals surface area contributed by atoms with E-state index in [2.05, 4.69) is 9.72 Å². The van der Waals surface area contributed by atoms with Gasteiger partial charge in [-0.15, -0.1) is 0 Å². The van der Waals surface area contributed by atoms with Gasteiger partial charge in [0.05, 0.1) is 29.8 Å². The molecule has 3 aromatic rings. The van der Waals surface area contributed by atoms with E-state index in [4.69, 9.17) is 32.7 Å². The number of halogens is 2. The monoisotopic (exact) mass is 436 g/mol. The van der Waals surface area contributed by atoms with Crippen LogP contribution in [0.25, 0.3) is 11.0 Å². The molecule has 3 rings (SSSR count). The van der Waals surface area contributed by atoms with E-state index in [-0.39, 0.29) is 32.3 Å². The van der Waals surface area contributed by atoms with Crippen molar-refractivity contribution in [3.05, 3.63) is 68.6 Å². The Labute approximate surface area is 175 Å². The molecule has 2 aromatic carbocycles. The fraction of sp³-hybridized carbons (Fsp3) is 0.158. The second-order valence-corrected chi connectivity index (χ2v) is 6.57. The SMILES string of the molecule is COC(=O)c1c(COC(=O)c2cccc(OC)c2)nc2cc(Cl)c(Cl)cc2[n+]1[O-]. The standard InChI is InChI=1S/C19H14Cl2N2O6/c1-27-11-5-3-4-10(6-11)18(24)29-9-15-17(19(25)28-2)23(26)16-8-13(21)12(20)7-14(16)22-15/h3-8H,9H2,1-2H3. The van der Waals surface area contributed by atoms with E-state index < -0.39 is 24.2 Å². The molecule has 0 amide bonds. The molecule has 0 unspecified atom stereocenters. The van der Waals surface area contributed by atoms with Crippen molar-refractivity contribution in [2.75, 3.05) is 14.2 Å². The Kier molecular flexibility index (Phi) is 6.05. The number of hydrogen-bond donors (Lipinski definition) is 0. The van der Waals surface area contributed by atoms with Crippen molar-refractivity contribution in [3.8, 4) is 5.75 Å². The first kappa shape index (κ1) is 20.6. The highest BCUT2D eigenvalue weighted by Gasteiger charge is 2.28. The molecule has 0 N–H and O–H groups in total. The molecule has 150 valence electrons. The van der Waals surface area contributed by atoms with Gasteiger partial charge < -0.3 is 19.4 Å². The summed E-state index contributed by atoms with van der Waals surface area (Å²) in [4.78, 5) is 28.7. The highest BCUT2D eigenvalue weighted by molar-refractivity contribution is 6.42. The number of carbonyl (C=O) groups excluding carboxylic acids is 2. The fourth-order valence-corrected chi connectivity index (χ4v) is 2.90. The third-order valence-electron chi connectivity index (χ3n) is 3.99. The van der Waals surface area contributed by atoms with Crippen LogP contribution >= 0.6 is 23.2 Å². The first-order valence-corrected chi connectivity index (χ1v) is 8.92. The van der Waals surface area contributed by atoms with Crippen LogP contribution in [0.1, 0.15) is 26.5 Å². The summed E-state index contributed by atoms with van der Waals surface area (Å²) in [7, 11) is 2.59. The molecule has 0 atom stereocenters. The van der Waals surface area contributed by atoms with Gasteiger partial charge in [0.1, 0.15) is 17.9 Å². The number of methoxy groups -OCH3 is 2. The van der Waals surface area contributed by atoms with E-state index in [1.54, 1.807) is 12.1 Å². The minimum Gasteiger partial charge on any atom is -0.618 e. The van der Waals surface area contributed by atoms with Crippen molar-refractivity contribution in [1.82, 2.24) is 4.98 Å². The number of ether oxygens (including phenoxy) is 3. The quantitative estimate of drug-likeness (QED) is 0.343. The molecule has 8 nitrogen and oxygen atoms in total. The lowest BCUT2D eigenvalue weighted by atomic mass is 10.2. The van der Waals surface area contributed by atoms with Gasteiger partial charge in [0, 0.05) is 6.07 Å². The van der Waals surface area contributed by atoms with Gasteiger partial charge in [0.25, 0.3) is 0 Å². The van der Waals surface area contributed by atoms with Crippen molar-refractivity contribution in [3.63, 3.8) is 0 Å². The van der Waals surface area contributed by atoms with Gasteiger partial charge in [-0.1, -0.05) is 29.3 Å². The Bertz CT molecular complexity index is 1120. The minimum atomic E-state index is -0.937. The summed E-state index contributed by atoms with van der Waals surface area (Å²) in [5.41, 5.74) is -0.0856. The van der Waals surface area contributed by atoms with E-state index in [9.17, 15) is 14.8 Å².